The monoisotopic (exact) mass is 474 g/mol. The van der Waals surface area contributed by atoms with E-state index in [1.165, 1.54) is 6.07 Å². The largest absolute Gasteiger partial charge is 0.476 e. The molecule has 6 nitrogen and oxygen atoms in total. The summed E-state index contributed by atoms with van der Waals surface area (Å²) in [5.41, 5.74) is 1.49. The molecule has 2 aromatic carbocycles. The fourth-order valence-electron chi connectivity index (χ4n) is 2.81. The second-order valence-electron chi connectivity index (χ2n) is 6.48. The van der Waals surface area contributed by atoms with Crippen LogP contribution in [0.5, 0.6) is 5.75 Å². The van der Waals surface area contributed by atoms with Crippen molar-refractivity contribution in [3.8, 4) is 5.75 Å². The molecule has 1 amide bonds. The van der Waals surface area contributed by atoms with E-state index in [2.05, 4.69) is 5.32 Å². The number of carbonyl (C=O) groups is 1. The lowest BCUT2D eigenvalue weighted by molar-refractivity contribution is -0.127. The summed E-state index contributed by atoms with van der Waals surface area (Å²) in [4.78, 5) is 12.5. The molecule has 29 heavy (non-hydrogen) atoms. The first kappa shape index (κ1) is 22.1. The van der Waals surface area contributed by atoms with Crippen molar-refractivity contribution in [2.24, 2.45) is 0 Å². The van der Waals surface area contributed by atoms with Gasteiger partial charge in [0.2, 0.25) is 10.0 Å². The fourth-order valence-corrected chi connectivity index (χ4v) is 4.82. The van der Waals surface area contributed by atoms with E-state index in [9.17, 15) is 13.2 Å². The van der Waals surface area contributed by atoms with Crippen molar-refractivity contribution in [1.82, 2.24) is 5.32 Å². The molecule has 0 radical (unpaired) electrons. The first-order valence-electron chi connectivity index (χ1n) is 8.78. The molecule has 0 saturated heterocycles. The van der Waals surface area contributed by atoms with E-state index in [1.807, 2.05) is 24.3 Å². The Hall–Kier alpha value is -1.61. The number of hydrogen-bond acceptors (Lipinski definition) is 5. The van der Waals surface area contributed by atoms with Crippen LogP contribution >= 0.6 is 35.0 Å². The van der Waals surface area contributed by atoms with Crippen LogP contribution in [-0.2, 0) is 20.6 Å². The first-order valence-corrected chi connectivity index (χ1v) is 12.5. The molecule has 10 heteroatoms. The Balaban J connectivity index is 1.54. The number of benzene rings is 2. The van der Waals surface area contributed by atoms with E-state index < -0.39 is 16.1 Å². The predicted molar refractivity (Wildman–Crippen MR) is 119 cm³/mol. The van der Waals surface area contributed by atoms with Gasteiger partial charge in [0.05, 0.1) is 18.5 Å². The molecule has 1 N–H and O–H groups in total. The summed E-state index contributed by atoms with van der Waals surface area (Å²) in [6, 6.07) is 12.3. The Kier molecular flexibility index (Phi) is 7.21. The number of ether oxygens (including phenoxy) is 1. The van der Waals surface area contributed by atoms with Crippen LogP contribution < -0.4 is 14.4 Å². The highest BCUT2D eigenvalue weighted by Crippen LogP contribution is 2.37. The Morgan fingerprint density at radius 3 is 2.59 bits per heavy atom. The Bertz CT molecular complexity index is 984. The van der Waals surface area contributed by atoms with Gasteiger partial charge in [-0.05, 0) is 35.9 Å². The molecule has 1 heterocycles. The van der Waals surface area contributed by atoms with Gasteiger partial charge in [-0.25, -0.2) is 8.42 Å². The number of amides is 1. The number of thioether (sulfide) groups is 1. The third-order valence-corrected chi connectivity index (χ3v) is 6.87. The van der Waals surface area contributed by atoms with Crippen molar-refractivity contribution in [3.63, 3.8) is 0 Å². The normalized spacial score (nSPS) is 16.1. The van der Waals surface area contributed by atoms with Crippen molar-refractivity contribution in [3.05, 3.63) is 58.1 Å². The molecule has 156 valence electrons. The first-order chi connectivity index (χ1) is 13.7. The summed E-state index contributed by atoms with van der Waals surface area (Å²) >= 11 is 13.5. The van der Waals surface area contributed by atoms with Gasteiger partial charge in [0.1, 0.15) is 5.75 Å². The SMILES string of the molecule is CS(=O)(=O)N1C[C@@H](C(=O)NCCSCc2ccc(Cl)cc2)Oc2ccc(Cl)cc21. The van der Waals surface area contributed by atoms with E-state index in [1.54, 1.807) is 23.9 Å². The quantitative estimate of drug-likeness (QED) is 0.620. The van der Waals surface area contributed by atoms with Crippen LogP contribution in [0.1, 0.15) is 5.56 Å². The number of fused-ring (bicyclic) bond motifs is 1. The van der Waals surface area contributed by atoms with E-state index in [-0.39, 0.29) is 12.5 Å². The smallest absolute Gasteiger partial charge is 0.263 e. The molecule has 2 aromatic rings. The molecule has 0 bridgehead atoms. The zero-order chi connectivity index (χ0) is 21.0. The maximum atomic E-state index is 12.5. The average molecular weight is 475 g/mol. The van der Waals surface area contributed by atoms with E-state index in [4.69, 9.17) is 27.9 Å². The zero-order valence-corrected chi connectivity index (χ0v) is 18.7. The average Bonchev–Trinajstić information content (AvgIpc) is 2.67. The van der Waals surface area contributed by atoms with Gasteiger partial charge in [0, 0.05) is 28.1 Å². The predicted octanol–water partition coefficient (Wildman–Crippen LogP) is 3.57. The molecule has 0 unspecified atom stereocenters. The third-order valence-electron chi connectivity index (χ3n) is 4.21. The molecule has 0 aromatic heterocycles. The van der Waals surface area contributed by atoms with E-state index >= 15 is 0 Å². The highest BCUT2D eigenvalue weighted by molar-refractivity contribution is 7.98. The minimum atomic E-state index is -3.58. The minimum Gasteiger partial charge on any atom is -0.476 e. The van der Waals surface area contributed by atoms with Crippen LogP contribution in [0.25, 0.3) is 0 Å². The van der Waals surface area contributed by atoms with Crippen LogP contribution in [0.4, 0.5) is 5.69 Å². The topological polar surface area (TPSA) is 75.7 Å². The lowest BCUT2D eigenvalue weighted by Crippen LogP contribution is -2.50. The van der Waals surface area contributed by atoms with Crippen molar-refractivity contribution in [2.45, 2.75) is 11.9 Å². The molecule has 1 aliphatic heterocycles. The molecule has 1 atom stereocenters. The van der Waals surface area contributed by atoms with Crippen LogP contribution in [0, 0.1) is 0 Å². The van der Waals surface area contributed by atoms with Crippen molar-refractivity contribution in [1.29, 1.82) is 0 Å². The van der Waals surface area contributed by atoms with Gasteiger partial charge in [-0.1, -0.05) is 35.3 Å². The van der Waals surface area contributed by atoms with Crippen LogP contribution in [0.2, 0.25) is 10.0 Å². The number of halogens is 2. The third kappa shape index (κ3) is 5.94. The van der Waals surface area contributed by atoms with Crippen LogP contribution in [0.3, 0.4) is 0 Å². The van der Waals surface area contributed by atoms with Gasteiger partial charge in [0.25, 0.3) is 5.91 Å². The fraction of sp³-hybridized carbons (Fsp3) is 0.316. The van der Waals surface area contributed by atoms with Crippen molar-refractivity contribution >= 4 is 56.6 Å². The zero-order valence-electron chi connectivity index (χ0n) is 15.6. The molecular formula is C19H20Cl2N2O4S2. The summed E-state index contributed by atoms with van der Waals surface area (Å²) in [6.07, 6.45) is 0.158. The van der Waals surface area contributed by atoms with Crippen LogP contribution in [0.15, 0.2) is 42.5 Å². The molecule has 3 rings (SSSR count). The van der Waals surface area contributed by atoms with Gasteiger partial charge in [0.15, 0.2) is 6.10 Å². The molecule has 0 spiro atoms. The standard InChI is InChI=1S/C19H20Cl2N2O4S2/c1-29(25,26)23-11-18(27-17-7-6-15(21)10-16(17)23)19(24)22-8-9-28-12-13-2-4-14(20)5-3-13/h2-7,10,18H,8-9,11-12H2,1H3,(H,22,24)/t18-/m0/s1. The van der Waals surface area contributed by atoms with E-state index in [0.717, 1.165) is 21.9 Å². The molecule has 1 aliphatic rings. The summed E-state index contributed by atoms with van der Waals surface area (Å²) in [5, 5.41) is 3.90. The van der Waals surface area contributed by atoms with Gasteiger partial charge in [-0.2, -0.15) is 11.8 Å². The maximum Gasteiger partial charge on any atom is 0.263 e. The van der Waals surface area contributed by atoms with Gasteiger partial charge in [-0.3, -0.25) is 9.10 Å². The Morgan fingerprint density at radius 1 is 1.21 bits per heavy atom. The number of sulfonamides is 1. The lowest BCUT2D eigenvalue weighted by Gasteiger charge is -2.34. The molecule has 0 saturated carbocycles. The molecular weight excluding hydrogens is 455 g/mol. The number of carbonyl (C=O) groups excluding carboxylic acids is 1. The number of nitrogens with one attached hydrogen (secondary N) is 1. The Labute approximate surface area is 184 Å². The number of nitrogens with zero attached hydrogens (tertiary/aromatic N) is 1. The second kappa shape index (κ2) is 9.47. The highest BCUT2D eigenvalue weighted by Gasteiger charge is 2.35. The maximum absolute atomic E-state index is 12.5. The summed E-state index contributed by atoms with van der Waals surface area (Å²) in [5.74, 6) is 1.47. The minimum absolute atomic E-state index is 0.101. The summed E-state index contributed by atoms with van der Waals surface area (Å²) in [7, 11) is -3.58. The lowest BCUT2D eigenvalue weighted by atomic mass is 10.2. The number of hydrogen-bond donors (Lipinski definition) is 1. The van der Waals surface area contributed by atoms with Crippen molar-refractivity contribution in [2.75, 3.05) is 29.4 Å². The molecule has 0 fully saturated rings. The van der Waals surface area contributed by atoms with Crippen LogP contribution in [-0.4, -0.2) is 45.5 Å². The number of anilines is 1. The van der Waals surface area contributed by atoms with Crippen molar-refractivity contribution < 1.29 is 17.9 Å². The van der Waals surface area contributed by atoms with Gasteiger partial charge in [-0.15, -0.1) is 0 Å². The second-order valence-corrected chi connectivity index (χ2v) is 10.4. The van der Waals surface area contributed by atoms with Gasteiger partial charge < -0.3 is 10.1 Å². The number of rotatable bonds is 7. The molecule has 0 aliphatic carbocycles. The highest BCUT2D eigenvalue weighted by atomic mass is 35.5. The van der Waals surface area contributed by atoms with E-state index in [0.29, 0.717) is 33.8 Å². The summed E-state index contributed by atoms with van der Waals surface area (Å²) in [6.45, 7) is 0.346. The summed E-state index contributed by atoms with van der Waals surface area (Å²) < 4.78 is 31.2. The Morgan fingerprint density at radius 2 is 1.90 bits per heavy atom. The van der Waals surface area contributed by atoms with Gasteiger partial charge >= 0.3 is 0 Å².